The van der Waals surface area contributed by atoms with Gasteiger partial charge in [-0.3, -0.25) is 4.79 Å². The molecule has 1 aliphatic carbocycles. The highest BCUT2D eigenvalue weighted by molar-refractivity contribution is 5.78. The smallest absolute Gasteiger partial charge is 0.234 e. The minimum atomic E-state index is -0.139. The first-order valence-electron chi connectivity index (χ1n) is 8.10. The summed E-state index contributed by atoms with van der Waals surface area (Å²) in [5.74, 6) is 0.0816. The maximum atomic E-state index is 11.6. The summed E-state index contributed by atoms with van der Waals surface area (Å²) in [7, 11) is 2.24. The Labute approximate surface area is 124 Å². The molecule has 1 rings (SSSR count). The molecule has 1 amide bonds. The van der Waals surface area contributed by atoms with Crippen LogP contribution in [0, 0.1) is 0 Å². The van der Waals surface area contributed by atoms with E-state index in [0.717, 1.165) is 25.6 Å². The van der Waals surface area contributed by atoms with Crippen molar-refractivity contribution in [3.63, 3.8) is 0 Å². The number of amides is 1. The quantitative estimate of drug-likeness (QED) is 0.704. The van der Waals surface area contributed by atoms with Crippen LogP contribution in [-0.2, 0) is 4.79 Å². The molecule has 0 heterocycles. The van der Waals surface area contributed by atoms with Gasteiger partial charge in [0.2, 0.25) is 5.91 Å². The number of carbonyl (C=O) groups is 1. The molecule has 0 saturated heterocycles. The van der Waals surface area contributed by atoms with Crippen molar-refractivity contribution in [2.24, 2.45) is 0 Å². The largest absolute Gasteiger partial charge is 0.350 e. The van der Waals surface area contributed by atoms with Crippen molar-refractivity contribution >= 4 is 5.91 Å². The number of hydrogen-bond acceptors (Lipinski definition) is 3. The fourth-order valence-corrected chi connectivity index (χ4v) is 2.82. The average molecular weight is 283 g/mol. The van der Waals surface area contributed by atoms with E-state index in [2.05, 4.69) is 22.6 Å². The normalized spacial score (nSPS) is 17.4. The lowest BCUT2D eigenvalue weighted by Crippen LogP contribution is -2.45. The van der Waals surface area contributed by atoms with Crippen LogP contribution in [0.25, 0.3) is 0 Å². The lowest BCUT2D eigenvalue weighted by molar-refractivity contribution is -0.121. The fourth-order valence-electron chi connectivity index (χ4n) is 2.82. The Kier molecular flexibility index (Phi) is 7.52. The molecule has 0 radical (unpaired) electrons. The topological polar surface area (TPSA) is 44.4 Å². The molecule has 0 unspecified atom stereocenters. The third kappa shape index (κ3) is 7.85. The minimum Gasteiger partial charge on any atom is -0.350 e. The second-order valence-electron chi connectivity index (χ2n) is 7.10. The van der Waals surface area contributed by atoms with Crippen molar-refractivity contribution in [3.8, 4) is 0 Å². The van der Waals surface area contributed by atoms with Gasteiger partial charge in [-0.1, -0.05) is 19.3 Å². The van der Waals surface area contributed by atoms with Gasteiger partial charge >= 0.3 is 0 Å². The summed E-state index contributed by atoms with van der Waals surface area (Å²) in [5.41, 5.74) is -0.139. The molecule has 20 heavy (non-hydrogen) atoms. The number of hydrogen-bond donors (Lipinski definition) is 2. The van der Waals surface area contributed by atoms with E-state index in [1.165, 1.54) is 32.1 Å². The van der Waals surface area contributed by atoms with Gasteiger partial charge in [0.15, 0.2) is 0 Å². The molecule has 4 heteroatoms. The van der Waals surface area contributed by atoms with Crippen molar-refractivity contribution in [2.75, 3.05) is 26.7 Å². The molecule has 0 spiro atoms. The van der Waals surface area contributed by atoms with Gasteiger partial charge in [-0.05, 0) is 60.2 Å². The number of nitrogens with zero attached hydrogens (tertiary/aromatic N) is 1. The highest BCUT2D eigenvalue weighted by Gasteiger charge is 2.17. The Morgan fingerprint density at radius 3 is 2.45 bits per heavy atom. The first kappa shape index (κ1) is 17.4. The summed E-state index contributed by atoms with van der Waals surface area (Å²) in [6, 6.07) is 0.785. The van der Waals surface area contributed by atoms with Gasteiger partial charge in [0.1, 0.15) is 0 Å². The van der Waals surface area contributed by atoms with Gasteiger partial charge in [0.25, 0.3) is 0 Å². The van der Waals surface area contributed by atoms with E-state index in [-0.39, 0.29) is 11.4 Å². The van der Waals surface area contributed by atoms with Crippen LogP contribution in [0.15, 0.2) is 0 Å². The summed E-state index contributed by atoms with van der Waals surface area (Å²) in [6.07, 6.45) is 8.01. The third-order valence-corrected chi connectivity index (χ3v) is 3.86. The Balaban J connectivity index is 2.02. The van der Waals surface area contributed by atoms with Gasteiger partial charge in [0, 0.05) is 11.6 Å². The molecule has 1 fully saturated rings. The van der Waals surface area contributed by atoms with Crippen LogP contribution >= 0.6 is 0 Å². The summed E-state index contributed by atoms with van der Waals surface area (Å²) >= 11 is 0. The van der Waals surface area contributed by atoms with Gasteiger partial charge in [0.05, 0.1) is 6.54 Å². The Bertz CT molecular complexity index is 280. The molecule has 0 atom stereocenters. The lowest BCUT2D eigenvalue weighted by atomic mass is 9.94. The molecule has 0 aromatic carbocycles. The summed E-state index contributed by atoms with van der Waals surface area (Å²) in [5, 5.41) is 6.19. The third-order valence-electron chi connectivity index (χ3n) is 3.86. The Morgan fingerprint density at radius 1 is 1.20 bits per heavy atom. The molecule has 0 aromatic rings. The Morgan fingerprint density at radius 2 is 1.85 bits per heavy atom. The van der Waals surface area contributed by atoms with Crippen molar-refractivity contribution in [1.82, 2.24) is 15.5 Å². The molecule has 1 saturated carbocycles. The highest BCUT2D eigenvalue weighted by atomic mass is 16.2. The van der Waals surface area contributed by atoms with Crippen molar-refractivity contribution in [1.29, 1.82) is 0 Å². The van der Waals surface area contributed by atoms with E-state index < -0.39 is 0 Å². The van der Waals surface area contributed by atoms with Crippen LogP contribution in [-0.4, -0.2) is 49.1 Å². The van der Waals surface area contributed by atoms with Crippen LogP contribution in [0.5, 0.6) is 0 Å². The molecule has 0 bridgehead atoms. The van der Waals surface area contributed by atoms with E-state index in [4.69, 9.17) is 0 Å². The second kappa shape index (κ2) is 8.63. The zero-order valence-corrected chi connectivity index (χ0v) is 13.8. The predicted octanol–water partition coefficient (Wildman–Crippen LogP) is 2.15. The minimum absolute atomic E-state index is 0.0816. The van der Waals surface area contributed by atoms with Crippen LogP contribution < -0.4 is 10.6 Å². The molecule has 118 valence electrons. The van der Waals surface area contributed by atoms with E-state index in [1.807, 2.05) is 20.8 Å². The van der Waals surface area contributed by atoms with Crippen molar-refractivity contribution < 1.29 is 4.79 Å². The molecular weight excluding hydrogens is 250 g/mol. The maximum Gasteiger partial charge on any atom is 0.234 e. The monoisotopic (exact) mass is 283 g/mol. The predicted molar refractivity (Wildman–Crippen MR) is 84.9 cm³/mol. The maximum absolute atomic E-state index is 11.6. The second-order valence-corrected chi connectivity index (χ2v) is 7.10. The van der Waals surface area contributed by atoms with Gasteiger partial charge < -0.3 is 15.5 Å². The first-order chi connectivity index (χ1) is 9.38. The van der Waals surface area contributed by atoms with Crippen molar-refractivity contribution in [3.05, 3.63) is 0 Å². The fraction of sp³-hybridized carbons (Fsp3) is 0.938. The van der Waals surface area contributed by atoms with Gasteiger partial charge in [-0.2, -0.15) is 0 Å². The zero-order valence-electron chi connectivity index (χ0n) is 13.8. The van der Waals surface area contributed by atoms with Gasteiger partial charge in [-0.15, -0.1) is 0 Å². The van der Waals surface area contributed by atoms with E-state index in [1.54, 1.807) is 0 Å². The molecule has 1 aliphatic rings. The zero-order chi connectivity index (χ0) is 15.0. The molecule has 4 nitrogen and oxygen atoms in total. The highest BCUT2D eigenvalue weighted by Crippen LogP contribution is 2.21. The van der Waals surface area contributed by atoms with Crippen LogP contribution in [0.4, 0.5) is 0 Å². The summed E-state index contributed by atoms with van der Waals surface area (Å²) in [4.78, 5) is 14.1. The van der Waals surface area contributed by atoms with Crippen LogP contribution in [0.1, 0.15) is 59.3 Å². The van der Waals surface area contributed by atoms with E-state index in [9.17, 15) is 4.79 Å². The lowest BCUT2D eigenvalue weighted by Gasteiger charge is -2.31. The standard InChI is InChI=1S/C16H33N3O/c1-16(2,3)18-15(20)13-17-11-8-12-19(4)14-9-6-5-7-10-14/h14,17H,5-13H2,1-4H3,(H,18,20). The molecule has 0 aliphatic heterocycles. The number of nitrogens with one attached hydrogen (secondary N) is 2. The van der Waals surface area contributed by atoms with E-state index >= 15 is 0 Å². The summed E-state index contributed by atoms with van der Waals surface area (Å²) < 4.78 is 0. The summed E-state index contributed by atoms with van der Waals surface area (Å²) in [6.45, 7) is 8.47. The number of rotatable bonds is 7. The van der Waals surface area contributed by atoms with Crippen LogP contribution in [0.2, 0.25) is 0 Å². The van der Waals surface area contributed by atoms with Gasteiger partial charge in [-0.25, -0.2) is 0 Å². The Hall–Kier alpha value is -0.610. The number of carbonyl (C=O) groups excluding carboxylic acids is 1. The average Bonchev–Trinajstić information content (AvgIpc) is 2.37. The molecular formula is C16H33N3O. The SMILES string of the molecule is CN(CCCNCC(=O)NC(C)(C)C)C1CCCCC1. The van der Waals surface area contributed by atoms with Crippen LogP contribution in [0.3, 0.4) is 0 Å². The first-order valence-corrected chi connectivity index (χ1v) is 8.10. The van der Waals surface area contributed by atoms with Crippen molar-refractivity contribution in [2.45, 2.75) is 70.9 Å². The molecule has 2 N–H and O–H groups in total. The molecule has 0 aromatic heterocycles. The van der Waals surface area contributed by atoms with E-state index in [0.29, 0.717) is 6.54 Å².